The number of ether oxygens (including phenoxy) is 1. The van der Waals surface area contributed by atoms with Gasteiger partial charge in [0, 0.05) is 0 Å². The summed E-state index contributed by atoms with van der Waals surface area (Å²) < 4.78 is 32.4. The van der Waals surface area contributed by atoms with Crippen molar-refractivity contribution in [1.29, 1.82) is 0 Å². The second-order valence-corrected chi connectivity index (χ2v) is 6.60. The lowest BCUT2D eigenvalue weighted by Gasteiger charge is -2.26. The van der Waals surface area contributed by atoms with Gasteiger partial charge in [0.15, 0.2) is 9.84 Å². The molecule has 19 heavy (non-hydrogen) atoms. The van der Waals surface area contributed by atoms with Gasteiger partial charge in [-0.05, 0) is 17.7 Å². The minimum absolute atomic E-state index is 0.0906. The van der Waals surface area contributed by atoms with Crippen LogP contribution in [0.2, 0.25) is 0 Å². The molecule has 1 aromatic carbocycles. The summed E-state index contributed by atoms with van der Waals surface area (Å²) in [4.78, 5) is 0. The Morgan fingerprint density at radius 2 is 1.95 bits per heavy atom. The topological polar surface area (TPSA) is 95.4 Å². The summed E-state index contributed by atoms with van der Waals surface area (Å²) >= 11 is 0. The van der Waals surface area contributed by atoms with Gasteiger partial charge < -0.3 is 15.0 Å². The SMILES string of the molecule is Nc1oncc1-c1ccc(OC2CS(=O)(=O)C2)cc1. The third-order valence-corrected chi connectivity index (χ3v) is 4.71. The van der Waals surface area contributed by atoms with Crippen molar-refractivity contribution in [3.8, 4) is 16.9 Å². The first-order chi connectivity index (χ1) is 9.03. The van der Waals surface area contributed by atoms with Crippen LogP contribution in [-0.2, 0) is 9.84 Å². The lowest BCUT2D eigenvalue weighted by Crippen LogP contribution is -2.45. The van der Waals surface area contributed by atoms with E-state index in [0.29, 0.717) is 5.75 Å². The van der Waals surface area contributed by atoms with E-state index in [1.807, 2.05) is 12.1 Å². The molecule has 0 unspecified atom stereocenters. The van der Waals surface area contributed by atoms with Crippen molar-refractivity contribution in [2.75, 3.05) is 17.2 Å². The average molecular weight is 280 g/mol. The highest BCUT2D eigenvalue weighted by molar-refractivity contribution is 7.92. The van der Waals surface area contributed by atoms with Gasteiger partial charge in [0.25, 0.3) is 0 Å². The third kappa shape index (κ3) is 2.41. The minimum Gasteiger partial charge on any atom is -0.488 e. The number of sulfone groups is 1. The summed E-state index contributed by atoms with van der Waals surface area (Å²) in [6, 6.07) is 7.19. The van der Waals surface area contributed by atoms with Crippen LogP contribution >= 0.6 is 0 Å². The van der Waals surface area contributed by atoms with Gasteiger partial charge in [-0.1, -0.05) is 17.3 Å². The van der Waals surface area contributed by atoms with Crippen molar-refractivity contribution in [2.24, 2.45) is 0 Å². The molecule has 0 saturated carbocycles. The van der Waals surface area contributed by atoms with E-state index in [2.05, 4.69) is 5.16 Å². The van der Waals surface area contributed by atoms with Crippen LogP contribution in [0.1, 0.15) is 0 Å². The third-order valence-electron chi connectivity index (χ3n) is 2.95. The highest BCUT2D eigenvalue weighted by atomic mass is 32.2. The van der Waals surface area contributed by atoms with Crippen LogP contribution in [0.3, 0.4) is 0 Å². The molecule has 2 heterocycles. The number of hydrogen-bond acceptors (Lipinski definition) is 6. The van der Waals surface area contributed by atoms with E-state index in [0.717, 1.165) is 11.1 Å². The van der Waals surface area contributed by atoms with Crippen molar-refractivity contribution in [3.05, 3.63) is 30.5 Å². The van der Waals surface area contributed by atoms with Crippen LogP contribution in [-0.4, -0.2) is 31.2 Å². The van der Waals surface area contributed by atoms with Crippen LogP contribution in [0.5, 0.6) is 5.75 Å². The van der Waals surface area contributed by atoms with Crippen LogP contribution in [0, 0.1) is 0 Å². The van der Waals surface area contributed by atoms with E-state index in [4.69, 9.17) is 15.0 Å². The number of benzene rings is 1. The first kappa shape index (κ1) is 12.0. The lowest BCUT2D eigenvalue weighted by molar-refractivity contribution is 0.230. The molecule has 0 bridgehead atoms. The van der Waals surface area contributed by atoms with Crippen LogP contribution in [0.25, 0.3) is 11.1 Å². The molecule has 3 rings (SSSR count). The van der Waals surface area contributed by atoms with E-state index in [1.165, 1.54) is 0 Å². The van der Waals surface area contributed by atoms with Crippen molar-refractivity contribution < 1.29 is 17.7 Å². The first-order valence-corrected chi connectivity index (χ1v) is 7.53. The van der Waals surface area contributed by atoms with E-state index in [9.17, 15) is 8.42 Å². The van der Waals surface area contributed by atoms with E-state index in [-0.39, 0.29) is 23.5 Å². The smallest absolute Gasteiger partial charge is 0.229 e. The normalized spacial score (nSPS) is 17.9. The fraction of sp³-hybridized carbons (Fsp3) is 0.250. The summed E-state index contributed by atoms with van der Waals surface area (Å²) in [7, 11) is -2.86. The molecule has 100 valence electrons. The zero-order valence-corrected chi connectivity index (χ0v) is 10.8. The van der Waals surface area contributed by atoms with Gasteiger partial charge in [-0.25, -0.2) is 8.42 Å². The molecule has 2 N–H and O–H groups in total. The van der Waals surface area contributed by atoms with Gasteiger partial charge in [-0.2, -0.15) is 0 Å². The highest BCUT2D eigenvalue weighted by Crippen LogP contribution is 2.28. The maximum Gasteiger partial charge on any atom is 0.229 e. The van der Waals surface area contributed by atoms with Crippen LogP contribution in [0.4, 0.5) is 5.88 Å². The Morgan fingerprint density at radius 1 is 1.26 bits per heavy atom. The van der Waals surface area contributed by atoms with Gasteiger partial charge in [0.05, 0.1) is 23.3 Å². The monoisotopic (exact) mass is 280 g/mol. The Balaban J connectivity index is 1.71. The Labute approximate surface area is 110 Å². The van der Waals surface area contributed by atoms with E-state index in [1.54, 1.807) is 18.3 Å². The van der Waals surface area contributed by atoms with Crippen LogP contribution in [0.15, 0.2) is 35.0 Å². The first-order valence-electron chi connectivity index (χ1n) is 5.71. The molecule has 0 atom stereocenters. The predicted molar refractivity (Wildman–Crippen MR) is 69.4 cm³/mol. The molecular formula is C12H12N2O4S. The molecule has 0 amide bonds. The van der Waals surface area contributed by atoms with Crippen molar-refractivity contribution in [3.63, 3.8) is 0 Å². The standard InChI is InChI=1S/C12H12N2O4S/c13-12-11(5-14-18-12)8-1-3-9(4-2-8)17-10-6-19(15,16)7-10/h1-5,10H,6-7,13H2. The quantitative estimate of drug-likeness (QED) is 0.904. The summed E-state index contributed by atoms with van der Waals surface area (Å²) in [5.41, 5.74) is 7.21. The molecular weight excluding hydrogens is 268 g/mol. The molecule has 1 aliphatic heterocycles. The number of anilines is 1. The van der Waals surface area contributed by atoms with Gasteiger partial charge in [0.1, 0.15) is 11.9 Å². The molecule has 1 aliphatic rings. The van der Waals surface area contributed by atoms with Gasteiger partial charge in [-0.15, -0.1) is 0 Å². The molecule has 0 aliphatic carbocycles. The van der Waals surface area contributed by atoms with E-state index < -0.39 is 9.84 Å². The molecule has 1 aromatic heterocycles. The summed E-state index contributed by atoms with van der Waals surface area (Å²) in [5.74, 6) is 1.08. The van der Waals surface area contributed by atoms with Gasteiger partial charge in [0.2, 0.25) is 5.88 Å². The summed E-state index contributed by atoms with van der Waals surface area (Å²) in [5, 5.41) is 3.61. The van der Waals surface area contributed by atoms with Crippen molar-refractivity contribution >= 4 is 15.7 Å². The second-order valence-electron chi connectivity index (χ2n) is 4.44. The number of nitrogens with two attached hydrogens (primary N) is 1. The average Bonchev–Trinajstić information content (AvgIpc) is 2.74. The van der Waals surface area contributed by atoms with E-state index >= 15 is 0 Å². The number of nitrogens with zero attached hydrogens (tertiary/aromatic N) is 1. The Kier molecular flexibility index (Phi) is 2.70. The fourth-order valence-electron chi connectivity index (χ4n) is 1.96. The van der Waals surface area contributed by atoms with Gasteiger partial charge in [-0.3, -0.25) is 0 Å². The minimum atomic E-state index is -2.86. The van der Waals surface area contributed by atoms with Crippen molar-refractivity contribution in [2.45, 2.75) is 6.10 Å². The Bertz CT molecular complexity index is 679. The molecule has 0 spiro atoms. The second kappa shape index (κ2) is 4.27. The molecule has 7 heteroatoms. The summed E-state index contributed by atoms with van der Waals surface area (Å²) in [6.45, 7) is 0. The number of nitrogen functional groups attached to an aromatic ring is 1. The lowest BCUT2D eigenvalue weighted by atomic mass is 10.1. The fourth-order valence-corrected chi connectivity index (χ4v) is 3.13. The maximum absolute atomic E-state index is 11.0. The number of hydrogen-bond donors (Lipinski definition) is 1. The van der Waals surface area contributed by atoms with Crippen molar-refractivity contribution in [1.82, 2.24) is 5.16 Å². The van der Waals surface area contributed by atoms with Gasteiger partial charge >= 0.3 is 0 Å². The molecule has 2 aromatic rings. The predicted octanol–water partition coefficient (Wildman–Crippen LogP) is 1.10. The zero-order chi connectivity index (χ0) is 13.5. The van der Waals surface area contributed by atoms with Crippen LogP contribution < -0.4 is 10.5 Å². The highest BCUT2D eigenvalue weighted by Gasteiger charge is 2.35. The maximum atomic E-state index is 11.0. The Morgan fingerprint density at radius 3 is 2.47 bits per heavy atom. The molecule has 1 saturated heterocycles. The zero-order valence-electron chi connectivity index (χ0n) is 9.94. The molecule has 0 radical (unpaired) electrons. The molecule has 6 nitrogen and oxygen atoms in total. The largest absolute Gasteiger partial charge is 0.488 e. The number of aromatic nitrogens is 1. The number of rotatable bonds is 3. The molecule has 1 fully saturated rings. The summed E-state index contributed by atoms with van der Waals surface area (Å²) in [6.07, 6.45) is 1.31. The Hall–Kier alpha value is -2.02.